The van der Waals surface area contributed by atoms with Gasteiger partial charge in [0.1, 0.15) is 12.4 Å². The number of benzene rings is 3. The molecule has 0 bridgehead atoms. The SMILES string of the molecule is COc1cc(/C=C2\SC(=O)N(CCOc3cc(C)ccc3C)C2=O)cc(Cl)c1OC(=O)c1ccc(Cl)cc1. The van der Waals surface area contributed by atoms with Crippen molar-refractivity contribution in [2.24, 2.45) is 0 Å². The average Bonchev–Trinajstić information content (AvgIpc) is 3.15. The molecule has 10 heteroatoms. The number of ether oxygens (including phenoxy) is 3. The Morgan fingerprint density at radius 1 is 1.00 bits per heavy atom. The van der Waals surface area contributed by atoms with E-state index in [1.54, 1.807) is 18.2 Å². The number of carbonyl (C=O) groups excluding carboxylic acids is 3. The van der Waals surface area contributed by atoms with Crippen molar-refractivity contribution in [1.82, 2.24) is 4.90 Å². The first-order valence-electron chi connectivity index (χ1n) is 11.5. The van der Waals surface area contributed by atoms with Gasteiger partial charge in [-0.05, 0) is 90.8 Å². The topological polar surface area (TPSA) is 82.1 Å². The molecule has 2 amide bonds. The standard InChI is InChI=1S/C28H23Cl2NO6S/c1-16-4-5-17(2)22(12-16)36-11-10-31-26(32)24(38-28(31)34)15-18-13-21(30)25(23(14-18)35-3)37-27(33)19-6-8-20(29)9-7-19/h4-9,12-15H,10-11H2,1-3H3/b24-15-. The summed E-state index contributed by atoms with van der Waals surface area (Å²) in [5, 5.41) is 0.191. The van der Waals surface area contributed by atoms with Crippen LogP contribution in [0, 0.1) is 13.8 Å². The van der Waals surface area contributed by atoms with E-state index < -0.39 is 17.1 Å². The van der Waals surface area contributed by atoms with E-state index in [2.05, 4.69) is 0 Å². The van der Waals surface area contributed by atoms with Crippen molar-refractivity contribution in [1.29, 1.82) is 0 Å². The van der Waals surface area contributed by atoms with Gasteiger partial charge in [-0.3, -0.25) is 14.5 Å². The van der Waals surface area contributed by atoms with Crippen LogP contribution in [0.5, 0.6) is 17.2 Å². The van der Waals surface area contributed by atoms with Crippen LogP contribution in [0.2, 0.25) is 10.0 Å². The maximum absolute atomic E-state index is 12.9. The van der Waals surface area contributed by atoms with Crippen LogP contribution in [0.1, 0.15) is 27.0 Å². The first-order chi connectivity index (χ1) is 18.2. The minimum absolute atomic E-state index is 0.0305. The molecule has 0 spiro atoms. The van der Waals surface area contributed by atoms with Gasteiger partial charge < -0.3 is 14.2 Å². The number of amides is 2. The predicted octanol–water partition coefficient (Wildman–Crippen LogP) is 6.95. The highest BCUT2D eigenvalue weighted by Gasteiger charge is 2.35. The van der Waals surface area contributed by atoms with E-state index in [4.69, 9.17) is 37.4 Å². The van der Waals surface area contributed by atoms with Gasteiger partial charge in [-0.15, -0.1) is 0 Å². The molecule has 1 aliphatic rings. The molecule has 0 radical (unpaired) electrons. The Bertz CT molecular complexity index is 1440. The Kier molecular flexibility index (Phi) is 8.66. The molecule has 7 nitrogen and oxygen atoms in total. The summed E-state index contributed by atoms with van der Waals surface area (Å²) >= 11 is 13.1. The lowest BCUT2D eigenvalue weighted by Gasteiger charge is -2.14. The number of hydrogen-bond acceptors (Lipinski definition) is 7. The van der Waals surface area contributed by atoms with E-state index >= 15 is 0 Å². The third-order valence-corrected chi connectivity index (χ3v) is 7.05. The lowest BCUT2D eigenvalue weighted by Crippen LogP contribution is -2.32. The van der Waals surface area contributed by atoms with Crippen LogP contribution in [-0.4, -0.2) is 42.3 Å². The summed E-state index contributed by atoms with van der Waals surface area (Å²) < 4.78 is 16.6. The maximum atomic E-state index is 12.9. The van der Waals surface area contributed by atoms with Gasteiger partial charge in [-0.25, -0.2) is 4.79 Å². The van der Waals surface area contributed by atoms with E-state index in [1.165, 1.54) is 31.4 Å². The second kappa shape index (κ2) is 11.9. The highest BCUT2D eigenvalue weighted by Crippen LogP contribution is 2.39. The van der Waals surface area contributed by atoms with E-state index in [0.29, 0.717) is 16.3 Å². The van der Waals surface area contributed by atoms with E-state index in [0.717, 1.165) is 27.8 Å². The normalized spacial score (nSPS) is 14.2. The number of imide groups is 1. The molecular weight excluding hydrogens is 549 g/mol. The largest absolute Gasteiger partial charge is 0.493 e. The molecule has 1 saturated heterocycles. The molecule has 38 heavy (non-hydrogen) atoms. The molecule has 1 heterocycles. The minimum Gasteiger partial charge on any atom is -0.493 e. The number of aryl methyl sites for hydroxylation is 2. The van der Waals surface area contributed by atoms with Crippen molar-refractivity contribution >= 4 is 58.2 Å². The molecule has 196 valence electrons. The van der Waals surface area contributed by atoms with Crippen molar-refractivity contribution in [2.75, 3.05) is 20.3 Å². The van der Waals surface area contributed by atoms with Gasteiger partial charge >= 0.3 is 5.97 Å². The summed E-state index contributed by atoms with van der Waals surface area (Å²) in [6, 6.07) is 15.1. The van der Waals surface area contributed by atoms with E-state index in [9.17, 15) is 14.4 Å². The number of halogens is 2. The van der Waals surface area contributed by atoms with E-state index in [-0.39, 0.29) is 40.1 Å². The van der Waals surface area contributed by atoms with Crippen LogP contribution in [0.4, 0.5) is 4.79 Å². The van der Waals surface area contributed by atoms with Crippen molar-refractivity contribution < 1.29 is 28.6 Å². The zero-order valence-electron chi connectivity index (χ0n) is 20.7. The molecule has 0 N–H and O–H groups in total. The number of hydrogen-bond donors (Lipinski definition) is 0. The number of methoxy groups -OCH3 is 1. The Morgan fingerprint density at radius 3 is 2.45 bits per heavy atom. The maximum Gasteiger partial charge on any atom is 0.343 e. The second-order valence-electron chi connectivity index (χ2n) is 8.38. The molecule has 1 aliphatic heterocycles. The Hall–Kier alpha value is -3.46. The molecule has 0 atom stereocenters. The number of esters is 1. The molecule has 3 aromatic carbocycles. The number of carbonyl (C=O) groups is 3. The lowest BCUT2D eigenvalue weighted by atomic mass is 10.1. The van der Waals surface area contributed by atoms with Gasteiger partial charge in [-0.1, -0.05) is 35.3 Å². The second-order valence-corrected chi connectivity index (χ2v) is 10.2. The summed E-state index contributed by atoms with van der Waals surface area (Å²) in [6.07, 6.45) is 1.54. The van der Waals surface area contributed by atoms with Crippen LogP contribution in [0.3, 0.4) is 0 Å². The zero-order chi connectivity index (χ0) is 27.4. The molecule has 0 saturated carbocycles. The Morgan fingerprint density at radius 2 is 1.74 bits per heavy atom. The van der Waals surface area contributed by atoms with Crippen molar-refractivity contribution in [3.63, 3.8) is 0 Å². The number of thioether (sulfide) groups is 1. The molecule has 0 aliphatic carbocycles. The molecule has 3 aromatic rings. The summed E-state index contributed by atoms with van der Waals surface area (Å²) in [5.41, 5.74) is 2.80. The van der Waals surface area contributed by atoms with E-state index in [1.807, 2.05) is 32.0 Å². The first kappa shape index (κ1) is 27.6. The van der Waals surface area contributed by atoms with Crippen molar-refractivity contribution in [3.05, 3.63) is 91.8 Å². The highest BCUT2D eigenvalue weighted by molar-refractivity contribution is 8.18. The number of nitrogens with zero attached hydrogens (tertiary/aromatic N) is 1. The summed E-state index contributed by atoms with van der Waals surface area (Å²) in [5.74, 6) is -0.141. The highest BCUT2D eigenvalue weighted by atomic mass is 35.5. The van der Waals surface area contributed by atoms with Gasteiger partial charge in [0, 0.05) is 5.02 Å². The predicted molar refractivity (Wildman–Crippen MR) is 149 cm³/mol. The molecular formula is C28H23Cl2NO6S. The van der Waals surface area contributed by atoms with Crippen LogP contribution < -0.4 is 14.2 Å². The van der Waals surface area contributed by atoms with Crippen LogP contribution in [-0.2, 0) is 4.79 Å². The van der Waals surface area contributed by atoms with Crippen LogP contribution >= 0.6 is 35.0 Å². The third kappa shape index (κ3) is 6.32. The lowest BCUT2D eigenvalue weighted by molar-refractivity contribution is -0.123. The van der Waals surface area contributed by atoms with Crippen LogP contribution in [0.15, 0.2) is 59.5 Å². The fraction of sp³-hybridized carbons (Fsp3) is 0.179. The smallest absolute Gasteiger partial charge is 0.343 e. The molecule has 0 aromatic heterocycles. The van der Waals surface area contributed by atoms with Crippen molar-refractivity contribution in [2.45, 2.75) is 13.8 Å². The zero-order valence-corrected chi connectivity index (χ0v) is 23.1. The molecule has 4 rings (SSSR count). The fourth-order valence-corrected chi connectivity index (χ4v) is 4.86. The van der Waals surface area contributed by atoms with Crippen LogP contribution in [0.25, 0.3) is 6.08 Å². The Labute approximate surface area is 234 Å². The van der Waals surface area contributed by atoms with Gasteiger partial charge in [0.15, 0.2) is 11.5 Å². The molecule has 0 unspecified atom stereocenters. The first-order valence-corrected chi connectivity index (χ1v) is 13.0. The molecule has 1 fully saturated rings. The van der Waals surface area contributed by atoms with Gasteiger partial charge in [-0.2, -0.15) is 0 Å². The third-order valence-electron chi connectivity index (χ3n) is 5.61. The van der Waals surface area contributed by atoms with Gasteiger partial charge in [0.05, 0.1) is 29.1 Å². The summed E-state index contributed by atoms with van der Waals surface area (Å²) in [7, 11) is 1.40. The number of rotatable bonds is 8. The van der Waals surface area contributed by atoms with Gasteiger partial charge in [0.25, 0.3) is 11.1 Å². The summed E-state index contributed by atoms with van der Waals surface area (Å²) in [6.45, 7) is 4.17. The average molecular weight is 572 g/mol. The monoisotopic (exact) mass is 571 g/mol. The Balaban J connectivity index is 1.47. The minimum atomic E-state index is -0.640. The fourth-order valence-electron chi connectivity index (χ4n) is 3.61. The van der Waals surface area contributed by atoms with Gasteiger partial charge in [0.2, 0.25) is 0 Å². The summed E-state index contributed by atoms with van der Waals surface area (Å²) in [4.78, 5) is 39.4. The van der Waals surface area contributed by atoms with Crippen molar-refractivity contribution in [3.8, 4) is 17.2 Å². The quantitative estimate of drug-likeness (QED) is 0.164.